The summed E-state index contributed by atoms with van der Waals surface area (Å²) in [6.07, 6.45) is -1.09. The Labute approximate surface area is 149 Å². The van der Waals surface area contributed by atoms with Crippen molar-refractivity contribution < 1.29 is 32.0 Å². The van der Waals surface area contributed by atoms with Gasteiger partial charge in [0.15, 0.2) is 0 Å². The van der Waals surface area contributed by atoms with Crippen LogP contribution in [-0.4, -0.2) is 54.7 Å². The van der Waals surface area contributed by atoms with E-state index in [-0.39, 0.29) is 19.4 Å². The quantitative estimate of drug-likeness (QED) is 0.574. The highest BCUT2D eigenvalue weighted by molar-refractivity contribution is 7.85. The van der Waals surface area contributed by atoms with Crippen molar-refractivity contribution in [1.29, 1.82) is 0 Å². The van der Waals surface area contributed by atoms with Crippen LogP contribution in [-0.2, 0) is 19.6 Å². The second-order valence-electron chi connectivity index (χ2n) is 7.64. The molecule has 0 aromatic heterocycles. The Balaban J connectivity index is 4.58. The van der Waals surface area contributed by atoms with Crippen LogP contribution in [0.4, 0.5) is 9.59 Å². The van der Waals surface area contributed by atoms with Gasteiger partial charge in [-0.2, -0.15) is 8.42 Å². The van der Waals surface area contributed by atoms with Crippen molar-refractivity contribution in [2.45, 2.75) is 71.6 Å². The maximum absolute atomic E-state index is 11.8. The molecule has 0 saturated carbocycles. The molecule has 0 heterocycles. The van der Waals surface area contributed by atoms with Gasteiger partial charge in [0, 0.05) is 12.6 Å². The summed E-state index contributed by atoms with van der Waals surface area (Å²) in [5.41, 5.74) is -1.34. The van der Waals surface area contributed by atoms with Crippen LogP contribution in [0.3, 0.4) is 0 Å². The molecule has 0 radical (unpaired) electrons. The molecule has 25 heavy (non-hydrogen) atoms. The lowest BCUT2D eigenvalue weighted by Crippen LogP contribution is -2.42. The topological polar surface area (TPSA) is 131 Å². The number of rotatable bonds is 7. The fourth-order valence-electron chi connectivity index (χ4n) is 1.72. The molecule has 0 rings (SSSR count). The lowest BCUT2D eigenvalue weighted by atomic mass is 10.1. The van der Waals surface area contributed by atoms with Crippen molar-refractivity contribution in [1.82, 2.24) is 10.6 Å². The number of carbonyl (C=O) groups is 2. The predicted molar refractivity (Wildman–Crippen MR) is 93.0 cm³/mol. The number of alkyl carbamates (subject to hydrolysis) is 2. The fourth-order valence-corrected chi connectivity index (χ4v) is 2.30. The van der Waals surface area contributed by atoms with E-state index in [0.717, 1.165) is 0 Å². The third-order valence-electron chi connectivity index (χ3n) is 2.61. The van der Waals surface area contributed by atoms with Crippen LogP contribution >= 0.6 is 0 Å². The SMILES string of the molecule is CC(C)(C)OC(=O)NCC[C@@H](CCS(=O)(=O)O)NC(=O)OC(C)(C)C. The molecule has 0 aliphatic rings. The number of ether oxygens (including phenoxy) is 2. The molecule has 0 fully saturated rings. The van der Waals surface area contributed by atoms with Gasteiger partial charge in [-0.3, -0.25) is 4.55 Å². The summed E-state index contributed by atoms with van der Waals surface area (Å²) in [6.45, 7) is 10.4. The van der Waals surface area contributed by atoms with Gasteiger partial charge < -0.3 is 20.1 Å². The average molecular weight is 382 g/mol. The minimum absolute atomic E-state index is 0.0198. The van der Waals surface area contributed by atoms with E-state index in [1.807, 2.05) is 0 Å². The molecule has 0 aliphatic heterocycles. The normalized spacial score (nSPS) is 13.7. The van der Waals surface area contributed by atoms with Gasteiger partial charge >= 0.3 is 12.2 Å². The number of carbonyl (C=O) groups excluding carboxylic acids is 2. The van der Waals surface area contributed by atoms with Crippen molar-refractivity contribution in [3.8, 4) is 0 Å². The molecule has 0 unspecified atom stereocenters. The first-order valence-corrected chi connectivity index (χ1v) is 9.60. The highest BCUT2D eigenvalue weighted by Crippen LogP contribution is 2.09. The largest absolute Gasteiger partial charge is 0.444 e. The van der Waals surface area contributed by atoms with Crippen LogP contribution in [0.1, 0.15) is 54.4 Å². The number of hydrogen-bond donors (Lipinski definition) is 3. The van der Waals surface area contributed by atoms with Crippen molar-refractivity contribution in [3.05, 3.63) is 0 Å². The van der Waals surface area contributed by atoms with Crippen LogP contribution < -0.4 is 10.6 Å². The van der Waals surface area contributed by atoms with E-state index in [4.69, 9.17) is 14.0 Å². The zero-order valence-electron chi connectivity index (χ0n) is 15.7. The Morgan fingerprint density at radius 3 is 1.88 bits per heavy atom. The van der Waals surface area contributed by atoms with Crippen LogP contribution in [0.5, 0.6) is 0 Å². The molecule has 0 aromatic carbocycles. The zero-order valence-corrected chi connectivity index (χ0v) is 16.5. The molecule has 9 nitrogen and oxygen atoms in total. The second kappa shape index (κ2) is 9.23. The van der Waals surface area contributed by atoms with Crippen molar-refractivity contribution in [3.63, 3.8) is 0 Å². The molecule has 3 N–H and O–H groups in total. The van der Waals surface area contributed by atoms with Crippen molar-refractivity contribution in [2.75, 3.05) is 12.3 Å². The Bertz CT molecular complexity index is 547. The zero-order chi connectivity index (χ0) is 19.9. The summed E-state index contributed by atoms with van der Waals surface area (Å²) in [7, 11) is -4.16. The minimum atomic E-state index is -4.16. The summed E-state index contributed by atoms with van der Waals surface area (Å²) >= 11 is 0. The highest BCUT2D eigenvalue weighted by atomic mass is 32.2. The number of nitrogens with one attached hydrogen (secondary N) is 2. The van der Waals surface area contributed by atoms with Gasteiger partial charge in [0.25, 0.3) is 10.1 Å². The lowest BCUT2D eigenvalue weighted by Gasteiger charge is -2.24. The van der Waals surface area contributed by atoms with Gasteiger partial charge in [-0.05, 0) is 54.4 Å². The fraction of sp³-hybridized carbons (Fsp3) is 0.867. The summed E-state index contributed by atoms with van der Waals surface area (Å²) in [4.78, 5) is 23.4. The first-order chi connectivity index (χ1) is 11.1. The molecule has 0 bridgehead atoms. The van der Waals surface area contributed by atoms with Gasteiger partial charge in [-0.1, -0.05) is 0 Å². The first kappa shape index (κ1) is 23.4. The third kappa shape index (κ3) is 15.7. The lowest BCUT2D eigenvalue weighted by molar-refractivity contribution is 0.0498. The Morgan fingerprint density at radius 1 is 0.960 bits per heavy atom. The standard InChI is InChI=1S/C15H30N2O7S/c1-14(2,3)23-12(18)16-9-7-11(8-10-25(20,21)22)17-13(19)24-15(4,5)6/h11H,7-10H2,1-6H3,(H,16,18)(H,17,19)(H,20,21,22)/t11-/m0/s1. The Morgan fingerprint density at radius 2 is 1.44 bits per heavy atom. The van der Waals surface area contributed by atoms with E-state index < -0.39 is 45.3 Å². The van der Waals surface area contributed by atoms with E-state index in [1.165, 1.54) is 0 Å². The number of hydrogen-bond acceptors (Lipinski definition) is 6. The van der Waals surface area contributed by atoms with Gasteiger partial charge in [-0.15, -0.1) is 0 Å². The molecular weight excluding hydrogens is 352 g/mol. The summed E-state index contributed by atoms with van der Waals surface area (Å²) in [6, 6.07) is -0.605. The van der Waals surface area contributed by atoms with E-state index >= 15 is 0 Å². The number of amides is 2. The van der Waals surface area contributed by atoms with Crippen LogP contribution in [0.2, 0.25) is 0 Å². The van der Waals surface area contributed by atoms with E-state index in [2.05, 4.69) is 10.6 Å². The van der Waals surface area contributed by atoms with E-state index in [9.17, 15) is 18.0 Å². The Kier molecular flexibility index (Phi) is 8.66. The minimum Gasteiger partial charge on any atom is -0.444 e. The summed E-state index contributed by atoms with van der Waals surface area (Å²) < 4.78 is 40.9. The van der Waals surface area contributed by atoms with Crippen molar-refractivity contribution in [2.24, 2.45) is 0 Å². The second-order valence-corrected chi connectivity index (χ2v) is 9.21. The molecule has 0 saturated heterocycles. The maximum atomic E-state index is 11.8. The molecule has 0 spiro atoms. The molecule has 148 valence electrons. The van der Waals surface area contributed by atoms with Gasteiger partial charge in [0.2, 0.25) is 0 Å². The third-order valence-corrected chi connectivity index (χ3v) is 3.36. The smallest absolute Gasteiger partial charge is 0.407 e. The maximum Gasteiger partial charge on any atom is 0.407 e. The molecule has 0 aliphatic carbocycles. The predicted octanol–water partition coefficient (Wildman–Crippen LogP) is 2.07. The van der Waals surface area contributed by atoms with E-state index in [0.29, 0.717) is 0 Å². The summed E-state index contributed by atoms with van der Waals surface area (Å²) in [5.74, 6) is -0.514. The molecule has 2 amide bonds. The molecule has 0 aromatic rings. The van der Waals surface area contributed by atoms with Crippen LogP contribution in [0, 0.1) is 0 Å². The van der Waals surface area contributed by atoms with Gasteiger partial charge in [0.1, 0.15) is 11.2 Å². The van der Waals surface area contributed by atoms with E-state index in [1.54, 1.807) is 41.5 Å². The molecular formula is C15H30N2O7S. The van der Waals surface area contributed by atoms with Crippen molar-refractivity contribution >= 4 is 22.3 Å². The first-order valence-electron chi connectivity index (χ1n) is 7.99. The highest BCUT2D eigenvalue weighted by Gasteiger charge is 2.21. The molecule has 10 heteroatoms. The van der Waals surface area contributed by atoms with Gasteiger partial charge in [0.05, 0.1) is 5.75 Å². The Hall–Kier alpha value is -1.55. The molecule has 1 atom stereocenters. The van der Waals surface area contributed by atoms with Crippen LogP contribution in [0.25, 0.3) is 0 Å². The van der Waals surface area contributed by atoms with Gasteiger partial charge in [-0.25, -0.2) is 9.59 Å². The average Bonchev–Trinajstić information content (AvgIpc) is 2.29. The monoisotopic (exact) mass is 382 g/mol. The van der Waals surface area contributed by atoms with Crippen LogP contribution in [0.15, 0.2) is 0 Å². The summed E-state index contributed by atoms with van der Waals surface area (Å²) in [5, 5.41) is 5.06.